The Morgan fingerprint density at radius 2 is 1.46 bits per heavy atom. The standard InChI is InChI=1S/C18H17BrO5/c1-11(17(20)12-4-6-14(19)7-5-12)24-18(21)13-8-15(22-2)10-16(9-13)23-3/h4-11H,1-3H3/t11-/m0/s1. The van der Waals surface area contributed by atoms with Gasteiger partial charge in [0.2, 0.25) is 5.78 Å². The Morgan fingerprint density at radius 1 is 0.917 bits per heavy atom. The van der Waals surface area contributed by atoms with Crippen LogP contribution in [0.2, 0.25) is 0 Å². The minimum absolute atomic E-state index is 0.252. The Labute approximate surface area is 148 Å². The first kappa shape index (κ1) is 18.0. The van der Waals surface area contributed by atoms with Crippen molar-refractivity contribution < 1.29 is 23.8 Å². The smallest absolute Gasteiger partial charge is 0.339 e. The molecular weight excluding hydrogens is 376 g/mol. The fraction of sp³-hybridized carbons (Fsp3) is 0.222. The first-order valence-corrected chi connectivity index (χ1v) is 7.97. The summed E-state index contributed by atoms with van der Waals surface area (Å²) in [5, 5.41) is 0. The average molecular weight is 393 g/mol. The van der Waals surface area contributed by atoms with Gasteiger partial charge in [0, 0.05) is 16.1 Å². The third-order valence-corrected chi connectivity index (χ3v) is 3.90. The van der Waals surface area contributed by atoms with Crippen LogP contribution < -0.4 is 9.47 Å². The van der Waals surface area contributed by atoms with Gasteiger partial charge in [-0.1, -0.05) is 28.1 Å². The lowest BCUT2D eigenvalue weighted by Crippen LogP contribution is -2.24. The molecule has 0 saturated carbocycles. The molecule has 5 nitrogen and oxygen atoms in total. The molecule has 0 unspecified atom stereocenters. The van der Waals surface area contributed by atoms with Crippen molar-refractivity contribution in [2.75, 3.05) is 14.2 Å². The number of Topliss-reactive ketones (excluding diaryl/α,β-unsaturated/α-hetero) is 1. The van der Waals surface area contributed by atoms with Gasteiger partial charge in [0.25, 0.3) is 0 Å². The summed E-state index contributed by atoms with van der Waals surface area (Å²) in [6.07, 6.45) is -0.907. The average Bonchev–Trinajstić information content (AvgIpc) is 2.61. The SMILES string of the molecule is COc1cc(OC)cc(C(=O)O[C@@H](C)C(=O)c2ccc(Br)cc2)c1. The van der Waals surface area contributed by atoms with Crippen molar-refractivity contribution >= 4 is 27.7 Å². The number of methoxy groups -OCH3 is 2. The number of carbonyl (C=O) groups excluding carboxylic acids is 2. The van der Waals surface area contributed by atoms with Crippen molar-refractivity contribution in [1.29, 1.82) is 0 Å². The van der Waals surface area contributed by atoms with E-state index in [4.69, 9.17) is 14.2 Å². The lowest BCUT2D eigenvalue weighted by atomic mass is 10.1. The van der Waals surface area contributed by atoms with Crippen LogP contribution in [0.1, 0.15) is 27.6 Å². The van der Waals surface area contributed by atoms with Gasteiger partial charge in [0.15, 0.2) is 6.10 Å². The molecule has 2 aromatic carbocycles. The molecule has 0 aromatic heterocycles. The number of esters is 1. The highest BCUT2D eigenvalue weighted by Crippen LogP contribution is 2.23. The summed E-state index contributed by atoms with van der Waals surface area (Å²) < 4.78 is 16.4. The first-order valence-electron chi connectivity index (χ1n) is 7.18. The number of ketones is 1. The van der Waals surface area contributed by atoms with Crippen LogP contribution in [-0.2, 0) is 4.74 Å². The number of rotatable bonds is 6. The Kier molecular flexibility index (Phi) is 5.98. The van der Waals surface area contributed by atoms with Crippen LogP contribution in [0.25, 0.3) is 0 Å². The van der Waals surface area contributed by atoms with Crippen LogP contribution >= 0.6 is 15.9 Å². The molecule has 0 N–H and O–H groups in total. The summed E-state index contributed by atoms with van der Waals surface area (Å²) in [6, 6.07) is 11.6. The van der Waals surface area contributed by atoms with Crippen LogP contribution in [-0.4, -0.2) is 32.1 Å². The highest BCUT2D eigenvalue weighted by molar-refractivity contribution is 9.10. The molecule has 0 aliphatic carbocycles. The quantitative estimate of drug-likeness (QED) is 0.551. The van der Waals surface area contributed by atoms with Crippen LogP contribution in [0, 0.1) is 0 Å². The Balaban J connectivity index is 2.13. The molecule has 0 heterocycles. The molecule has 0 aliphatic rings. The van der Waals surface area contributed by atoms with E-state index in [2.05, 4.69) is 15.9 Å². The lowest BCUT2D eigenvalue weighted by Gasteiger charge is -2.13. The van der Waals surface area contributed by atoms with E-state index in [-0.39, 0.29) is 11.3 Å². The number of carbonyl (C=O) groups is 2. The number of hydrogen-bond acceptors (Lipinski definition) is 5. The predicted octanol–water partition coefficient (Wildman–Crippen LogP) is 3.89. The van der Waals surface area contributed by atoms with Gasteiger partial charge < -0.3 is 14.2 Å². The topological polar surface area (TPSA) is 61.8 Å². The van der Waals surface area contributed by atoms with E-state index in [0.717, 1.165) is 4.47 Å². The van der Waals surface area contributed by atoms with Crippen molar-refractivity contribution in [2.24, 2.45) is 0 Å². The first-order chi connectivity index (χ1) is 11.4. The maximum Gasteiger partial charge on any atom is 0.339 e. The fourth-order valence-electron chi connectivity index (χ4n) is 2.06. The fourth-order valence-corrected chi connectivity index (χ4v) is 2.32. The van der Waals surface area contributed by atoms with Crippen molar-refractivity contribution in [1.82, 2.24) is 0 Å². The third-order valence-electron chi connectivity index (χ3n) is 3.37. The minimum Gasteiger partial charge on any atom is -0.497 e. The van der Waals surface area contributed by atoms with Gasteiger partial charge in [-0.05, 0) is 31.2 Å². The molecule has 0 radical (unpaired) electrons. The molecule has 0 bridgehead atoms. The second-order valence-corrected chi connectivity index (χ2v) is 5.94. The lowest BCUT2D eigenvalue weighted by molar-refractivity contribution is 0.0318. The summed E-state index contributed by atoms with van der Waals surface area (Å²) in [6.45, 7) is 1.54. The number of hydrogen-bond donors (Lipinski definition) is 0. The van der Waals surface area contributed by atoms with E-state index < -0.39 is 12.1 Å². The summed E-state index contributed by atoms with van der Waals surface area (Å²) in [5.41, 5.74) is 0.725. The normalized spacial score (nSPS) is 11.5. The Morgan fingerprint density at radius 3 is 1.96 bits per heavy atom. The molecule has 0 fully saturated rings. The molecule has 126 valence electrons. The van der Waals surface area contributed by atoms with Gasteiger partial charge >= 0.3 is 5.97 Å². The Hall–Kier alpha value is -2.34. The van der Waals surface area contributed by atoms with E-state index in [9.17, 15) is 9.59 Å². The zero-order valence-electron chi connectivity index (χ0n) is 13.5. The molecule has 2 aromatic rings. The third kappa shape index (κ3) is 4.35. The summed E-state index contributed by atoms with van der Waals surface area (Å²) >= 11 is 3.31. The maximum absolute atomic E-state index is 12.3. The molecule has 2 rings (SSSR count). The van der Waals surface area contributed by atoms with Crippen LogP contribution in [0.15, 0.2) is 46.9 Å². The van der Waals surface area contributed by atoms with Crippen molar-refractivity contribution in [3.63, 3.8) is 0 Å². The summed E-state index contributed by atoms with van der Waals surface area (Å²) in [5.74, 6) is 0.0391. The van der Waals surface area contributed by atoms with Crippen LogP contribution in [0.4, 0.5) is 0 Å². The van der Waals surface area contributed by atoms with Crippen molar-refractivity contribution in [3.05, 3.63) is 58.1 Å². The second kappa shape index (κ2) is 7.97. The zero-order chi connectivity index (χ0) is 17.7. The van der Waals surface area contributed by atoms with Gasteiger partial charge in [0.1, 0.15) is 11.5 Å². The highest BCUT2D eigenvalue weighted by Gasteiger charge is 2.21. The number of benzene rings is 2. The monoisotopic (exact) mass is 392 g/mol. The van der Waals surface area contributed by atoms with E-state index >= 15 is 0 Å². The minimum atomic E-state index is -0.907. The van der Waals surface area contributed by atoms with Gasteiger partial charge in [-0.15, -0.1) is 0 Å². The van der Waals surface area contributed by atoms with Crippen molar-refractivity contribution in [2.45, 2.75) is 13.0 Å². The van der Waals surface area contributed by atoms with Gasteiger partial charge in [-0.25, -0.2) is 4.79 Å². The van der Waals surface area contributed by atoms with Gasteiger partial charge in [-0.3, -0.25) is 4.79 Å². The summed E-state index contributed by atoms with van der Waals surface area (Å²) in [7, 11) is 2.98. The largest absolute Gasteiger partial charge is 0.497 e. The Bertz CT molecular complexity index is 717. The molecule has 0 amide bonds. The number of halogens is 1. The molecule has 0 saturated heterocycles. The highest BCUT2D eigenvalue weighted by atomic mass is 79.9. The van der Waals surface area contributed by atoms with E-state index in [0.29, 0.717) is 17.1 Å². The summed E-state index contributed by atoms with van der Waals surface area (Å²) in [4.78, 5) is 24.6. The zero-order valence-corrected chi connectivity index (χ0v) is 15.1. The van der Waals surface area contributed by atoms with E-state index in [1.165, 1.54) is 26.4 Å². The molecule has 0 aliphatic heterocycles. The molecular formula is C18H17BrO5. The maximum atomic E-state index is 12.3. The van der Waals surface area contributed by atoms with Gasteiger partial charge in [-0.2, -0.15) is 0 Å². The second-order valence-electron chi connectivity index (χ2n) is 5.02. The molecule has 24 heavy (non-hydrogen) atoms. The molecule has 0 spiro atoms. The molecule has 6 heteroatoms. The van der Waals surface area contributed by atoms with Crippen LogP contribution in [0.3, 0.4) is 0 Å². The predicted molar refractivity (Wildman–Crippen MR) is 92.9 cm³/mol. The van der Waals surface area contributed by atoms with Crippen LogP contribution in [0.5, 0.6) is 11.5 Å². The van der Waals surface area contributed by atoms with E-state index in [1.807, 2.05) is 0 Å². The molecule has 1 atom stereocenters. The van der Waals surface area contributed by atoms with Crippen molar-refractivity contribution in [3.8, 4) is 11.5 Å². The van der Waals surface area contributed by atoms with E-state index in [1.54, 1.807) is 37.3 Å². The number of ether oxygens (including phenoxy) is 3. The van der Waals surface area contributed by atoms with Gasteiger partial charge in [0.05, 0.1) is 19.8 Å².